The van der Waals surface area contributed by atoms with Crippen LogP contribution in [-0.4, -0.2) is 54.6 Å². The molecule has 0 saturated carbocycles. The first-order valence-corrected chi connectivity index (χ1v) is 12.1. The lowest BCUT2D eigenvalue weighted by Crippen LogP contribution is -2.40. The van der Waals surface area contributed by atoms with Gasteiger partial charge in [-0.05, 0) is 30.3 Å². The maximum atomic E-state index is 12.9. The summed E-state index contributed by atoms with van der Waals surface area (Å²) >= 11 is 11.9. The van der Waals surface area contributed by atoms with Gasteiger partial charge in [-0.25, -0.2) is 16.8 Å². The molecule has 0 spiro atoms. The molecule has 0 radical (unpaired) electrons. The topological polar surface area (TPSA) is 102 Å². The number of sulfonamides is 2. The van der Waals surface area contributed by atoms with Crippen LogP contribution in [0.4, 0.5) is 5.69 Å². The van der Waals surface area contributed by atoms with Gasteiger partial charge in [0.2, 0.25) is 10.0 Å². The molecule has 12 heteroatoms. The number of hydrogen-bond donors (Lipinski definition) is 1. The minimum absolute atomic E-state index is 0.0436. The quantitative estimate of drug-likeness (QED) is 0.681. The molecular weight excluding hydrogens is 463 g/mol. The molecule has 1 fully saturated rings. The van der Waals surface area contributed by atoms with Gasteiger partial charge in [0, 0.05) is 13.1 Å². The van der Waals surface area contributed by atoms with Gasteiger partial charge in [-0.2, -0.15) is 4.31 Å². The van der Waals surface area contributed by atoms with Crippen LogP contribution in [0.3, 0.4) is 0 Å². The van der Waals surface area contributed by atoms with Crippen molar-refractivity contribution in [3.8, 4) is 5.75 Å². The molecule has 3 rings (SSSR count). The standard InChI is InChI=1S/C17H18Cl2N2O6S2/c1-26-15-6-5-12(29(24,25)21-7-9-27-10-8-21)11-14(15)20-28(22,23)16-4-2-3-13(18)17(16)19/h2-6,11,20H,7-10H2,1H3. The molecule has 29 heavy (non-hydrogen) atoms. The number of morpholine rings is 1. The second kappa shape index (κ2) is 8.66. The number of benzene rings is 2. The third-order valence-electron chi connectivity index (χ3n) is 4.23. The monoisotopic (exact) mass is 480 g/mol. The number of nitrogens with zero attached hydrogens (tertiary/aromatic N) is 1. The van der Waals surface area contributed by atoms with Crippen LogP contribution in [0.25, 0.3) is 0 Å². The zero-order valence-electron chi connectivity index (χ0n) is 15.3. The number of hydrogen-bond acceptors (Lipinski definition) is 6. The zero-order chi connectivity index (χ0) is 21.2. The molecule has 1 heterocycles. The third kappa shape index (κ3) is 4.62. The van der Waals surface area contributed by atoms with Crippen LogP contribution in [0.2, 0.25) is 10.0 Å². The fourth-order valence-corrected chi connectivity index (χ4v) is 6.01. The van der Waals surface area contributed by atoms with E-state index in [0.29, 0.717) is 13.2 Å². The van der Waals surface area contributed by atoms with Crippen LogP contribution >= 0.6 is 23.2 Å². The lowest BCUT2D eigenvalue weighted by molar-refractivity contribution is 0.0730. The van der Waals surface area contributed by atoms with Gasteiger partial charge in [0.1, 0.15) is 10.6 Å². The molecule has 0 unspecified atom stereocenters. The van der Waals surface area contributed by atoms with Gasteiger partial charge in [0.05, 0.1) is 41.0 Å². The Bertz CT molecular complexity index is 1120. The summed E-state index contributed by atoms with van der Waals surface area (Å²) in [5.74, 6) is 0.146. The first-order chi connectivity index (χ1) is 13.7. The Morgan fingerprint density at radius 2 is 1.76 bits per heavy atom. The highest BCUT2D eigenvalue weighted by molar-refractivity contribution is 7.93. The Morgan fingerprint density at radius 1 is 1.07 bits per heavy atom. The van der Waals surface area contributed by atoms with Crippen molar-refractivity contribution in [2.75, 3.05) is 38.1 Å². The van der Waals surface area contributed by atoms with Crippen molar-refractivity contribution in [1.29, 1.82) is 0 Å². The molecule has 1 N–H and O–H groups in total. The maximum Gasteiger partial charge on any atom is 0.263 e. The van der Waals surface area contributed by atoms with E-state index in [2.05, 4.69) is 4.72 Å². The predicted molar refractivity (Wildman–Crippen MR) is 110 cm³/mol. The van der Waals surface area contributed by atoms with Crippen LogP contribution < -0.4 is 9.46 Å². The number of rotatable bonds is 6. The normalized spacial score (nSPS) is 15.8. The number of anilines is 1. The van der Waals surface area contributed by atoms with Crippen LogP contribution in [0.15, 0.2) is 46.2 Å². The molecule has 1 saturated heterocycles. The molecule has 0 amide bonds. The number of nitrogens with one attached hydrogen (secondary N) is 1. The van der Waals surface area contributed by atoms with Crippen molar-refractivity contribution in [2.24, 2.45) is 0 Å². The Balaban J connectivity index is 2.01. The molecule has 2 aromatic carbocycles. The Morgan fingerprint density at radius 3 is 2.41 bits per heavy atom. The van der Waals surface area contributed by atoms with Crippen molar-refractivity contribution < 1.29 is 26.3 Å². The molecule has 0 bridgehead atoms. The molecule has 8 nitrogen and oxygen atoms in total. The number of halogens is 2. The number of ether oxygens (including phenoxy) is 2. The van der Waals surface area contributed by atoms with Gasteiger partial charge in [-0.3, -0.25) is 4.72 Å². The van der Waals surface area contributed by atoms with E-state index >= 15 is 0 Å². The first kappa shape index (κ1) is 22.1. The fourth-order valence-electron chi connectivity index (χ4n) is 2.75. The van der Waals surface area contributed by atoms with E-state index in [1.165, 1.54) is 47.8 Å². The Hall–Kier alpha value is -1.56. The van der Waals surface area contributed by atoms with Gasteiger partial charge in [-0.1, -0.05) is 29.3 Å². The average Bonchev–Trinajstić information content (AvgIpc) is 2.70. The summed E-state index contributed by atoms with van der Waals surface area (Å²) in [6.45, 7) is 1.02. The lowest BCUT2D eigenvalue weighted by atomic mass is 10.3. The van der Waals surface area contributed by atoms with E-state index in [-0.39, 0.29) is 44.4 Å². The fraction of sp³-hybridized carbons (Fsp3) is 0.294. The molecule has 158 valence electrons. The van der Waals surface area contributed by atoms with E-state index in [4.69, 9.17) is 32.7 Å². The lowest BCUT2D eigenvalue weighted by Gasteiger charge is -2.26. The van der Waals surface area contributed by atoms with Crippen molar-refractivity contribution in [2.45, 2.75) is 9.79 Å². The largest absolute Gasteiger partial charge is 0.495 e. The first-order valence-electron chi connectivity index (χ1n) is 8.39. The summed E-state index contributed by atoms with van der Waals surface area (Å²) in [4.78, 5) is -0.315. The second-order valence-corrected chi connectivity index (χ2v) is 10.4. The van der Waals surface area contributed by atoms with Crippen molar-refractivity contribution in [1.82, 2.24) is 4.31 Å². The van der Waals surface area contributed by atoms with E-state index in [0.717, 1.165) is 0 Å². The van der Waals surface area contributed by atoms with Crippen LogP contribution in [0.5, 0.6) is 5.75 Å². The molecular formula is C17H18Cl2N2O6S2. The average molecular weight is 481 g/mol. The van der Waals surface area contributed by atoms with E-state index in [1.54, 1.807) is 0 Å². The summed E-state index contributed by atoms with van der Waals surface area (Å²) < 4.78 is 65.4. The van der Waals surface area contributed by atoms with Gasteiger partial charge in [0.15, 0.2) is 0 Å². The minimum atomic E-state index is -4.16. The molecule has 2 aromatic rings. The van der Waals surface area contributed by atoms with Crippen LogP contribution in [0, 0.1) is 0 Å². The summed E-state index contributed by atoms with van der Waals surface area (Å²) in [5, 5.41) is -0.0668. The molecule has 1 aliphatic heterocycles. The van der Waals surface area contributed by atoms with Crippen molar-refractivity contribution >= 4 is 48.9 Å². The van der Waals surface area contributed by atoms with Gasteiger partial charge < -0.3 is 9.47 Å². The highest BCUT2D eigenvalue weighted by Crippen LogP contribution is 2.34. The second-order valence-electron chi connectivity index (χ2n) is 6.04. The molecule has 0 aromatic heterocycles. The number of methoxy groups -OCH3 is 1. The van der Waals surface area contributed by atoms with Gasteiger partial charge in [0.25, 0.3) is 10.0 Å². The molecule has 0 aliphatic carbocycles. The Kier molecular flexibility index (Phi) is 6.61. The van der Waals surface area contributed by atoms with E-state index < -0.39 is 20.0 Å². The molecule has 0 atom stereocenters. The SMILES string of the molecule is COc1ccc(S(=O)(=O)N2CCOCC2)cc1NS(=O)(=O)c1cccc(Cl)c1Cl. The predicted octanol–water partition coefficient (Wildman–Crippen LogP) is 2.82. The van der Waals surface area contributed by atoms with Gasteiger partial charge >= 0.3 is 0 Å². The summed E-state index contributed by atoms with van der Waals surface area (Å²) in [6.07, 6.45) is 0. The maximum absolute atomic E-state index is 12.9. The summed E-state index contributed by atoms with van der Waals surface area (Å²) in [7, 11) is -6.65. The third-order valence-corrected chi connectivity index (χ3v) is 8.46. The molecule has 1 aliphatic rings. The zero-order valence-corrected chi connectivity index (χ0v) is 18.4. The summed E-state index contributed by atoms with van der Waals surface area (Å²) in [6, 6.07) is 8.13. The van der Waals surface area contributed by atoms with Crippen LogP contribution in [-0.2, 0) is 24.8 Å². The Labute approximate surface area is 179 Å². The van der Waals surface area contributed by atoms with Gasteiger partial charge in [-0.15, -0.1) is 0 Å². The highest BCUT2D eigenvalue weighted by Gasteiger charge is 2.28. The van der Waals surface area contributed by atoms with Crippen molar-refractivity contribution in [3.05, 3.63) is 46.4 Å². The highest BCUT2D eigenvalue weighted by atomic mass is 35.5. The van der Waals surface area contributed by atoms with Crippen molar-refractivity contribution in [3.63, 3.8) is 0 Å². The van der Waals surface area contributed by atoms with E-state index in [9.17, 15) is 16.8 Å². The summed E-state index contributed by atoms with van der Waals surface area (Å²) in [5.41, 5.74) is -0.0436. The smallest absolute Gasteiger partial charge is 0.263 e. The van der Waals surface area contributed by atoms with E-state index in [1.807, 2.05) is 0 Å². The van der Waals surface area contributed by atoms with Crippen LogP contribution in [0.1, 0.15) is 0 Å². The minimum Gasteiger partial charge on any atom is -0.495 e.